The second kappa shape index (κ2) is 6.93. The number of nitrogens with one attached hydrogen (secondary N) is 1. The lowest BCUT2D eigenvalue weighted by molar-refractivity contribution is 0.0992. The zero-order valence-corrected chi connectivity index (χ0v) is 14.5. The highest BCUT2D eigenvalue weighted by Gasteiger charge is 2.13. The summed E-state index contributed by atoms with van der Waals surface area (Å²) in [6.45, 7) is 2.06. The number of carbonyl (C=O) groups excluding carboxylic acids is 1. The largest absolute Gasteiger partial charge is 0.486 e. The minimum Gasteiger partial charge on any atom is -0.486 e. The molecule has 0 aliphatic heterocycles. The minimum atomic E-state index is -0.365. The lowest BCUT2D eigenvalue weighted by atomic mass is 10.3. The Balaban J connectivity index is 1.59. The topological polar surface area (TPSA) is 77.2 Å². The summed E-state index contributed by atoms with van der Waals surface area (Å²) in [7, 11) is 0. The van der Waals surface area contributed by atoms with Crippen LogP contribution in [0.2, 0.25) is 0 Å². The number of carbonyl (C=O) groups is 1. The lowest BCUT2D eigenvalue weighted by Gasteiger charge is -2.03. The average molecular weight is 394 g/mol. The number of aromatic nitrogens is 2. The fraction of sp³-hybridized carbons (Fsp3) is 0.133. The minimum absolute atomic E-state index is 0.201. The van der Waals surface area contributed by atoms with Gasteiger partial charge in [0.15, 0.2) is 5.76 Å². The lowest BCUT2D eigenvalue weighted by Crippen LogP contribution is -2.10. The zero-order valence-electron chi connectivity index (χ0n) is 12.1. The number of halogens is 1. The first-order chi connectivity index (χ1) is 11.1. The first kappa shape index (κ1) is 15.7. The Morgan fingerprint density at radius 3 is 2.74 bits per heavy atom. The molecule has 0 unspecified atom stereocenters. The molecule has 0 bridgehead atoms. The molecule has 118 valence electrons. The summed E-state index contributed by atoms with van der Waals surface area (Å²) in [6.07, 6.45) is 0. The predicted molar refractivity (Wildman–Crippen MR) is 89.8 cm³/mol. The maximum atomic E-state index is 12.0. The van der Waals surface area contributed by atoms with Crippen LogP contribution in [0.3, 0.4) is 0 Å². The molecule has 0 fully saturated rings. The van der Waals surface area contributed by atoms with Gasteiger partial charge in [-0.1, -0.05) is 27.3 Å². The number of hydrogen-bond donors (Lipinski definition) is 1. The molecule has 1 amide bonds. The zero-order chi connectivity index (χ0) is 16.2. The van der Waals surface area contributed by atoms with Gasteiger partial charge < -0.3 is 9.15 Å². The van der Waals surface area contributed by atoms with Crippen molar-refractivity contribution in [2.24, 2.45) is 0 Å². The second-order valence-electron chi connectivity index (χ2n) is 4.59. The van der Waals surface area contributed by atoms with Gasteiger partial charge in [-0.15, -0.1) is 10.2 Å². The van der Waals surface area contributed by atoms with Gasteiger partial charge in [-0.25, -0.2) is 0 Å². The summed E-state index contributed by atoms with van der Waals surface area (Å²) in [4.78, 5) is 12.0. The Bertz CT molecular complexity index is 813. The summed E-state index contributed by atoms with van der Waals surface area (Å²) >= 11 is 4.66. The van der Waals surface area contributed by atoms with Gasteiger partial charge in [-0.3, -0.25) is 10.1 Å². The fourth-order valence-electron chi connectivity index (χ4n) is 1.77. The van der Waals surface area contributed by atoms with Gasteiger partial charge in [0.25, 0.3) is 5.91 Å². The Morgan fingerprint density at radius 2 is 2.04 bits per heavy atom. The molecular weight excluding hydrogens is 382 g/mol. The normalized spacial score (nSPS) is 10.5. The number of rotatable bonds is 5. The van der Waals surface area contributed by atoms with Crippen molar-refractivity contribution in [3.8, 4) is 5.75 Å². The van der Waals surface area contributed by atoms with Crippen LogP contribution in [0.15, 0.2) is 45.3 Å². The van der Waals surface area contributed by atoms with Crippen LogP contribution in [0.4, 0.5) is 5.13 Å². The van der Waals surface area contributed by atoms with Gasteiger partial charge in [0.1, 0.15) is 23.1 Å². The van der Waals surface area contributed by atoms with Gasteiger partial charge in [-0.2, -0.15) is 0 Å². The van der Waals surface area contributed by atoms with Crippen LogP contribution in [-0.2, 0) is 6.61 Å². The molecule has 0 atom stereocenters. The summed E-state index contributed by atoms with van der Waals surface area (Å²) in [5.41, 5.74) is 0. The van der Waals surface area contributed by atoms with Crippen molar-refractivity contribution in [3.63, 3.8) is 0 Å². The van der Waals surface area contributed by atoms with Gasteiger partial charge in [0, 0.05) is 4.47 Å². The predicted octanol–water partition coefficient (Wildman–Crippen LogP) is 4.03. The van der Waals surface area contributed by atoms with E-state index in [9.17, 15) is 4.79 Å². The number of nitrogens with zero attached hydrogens (tertiary/aromatic N) is 2. The standard InChI is InChI=1S/C15H12BrN3O3S/c1-9-18-19-15(23-9)17-14(20)13-7-6-12(22-13)8-21-11-4-2-10(16)3-5-11/h2-7H,8H2,1H3,(H,17,19,20). The van der Waals surface area contributed by atoms with E-state index in [4.69, 9.17) is 9.15 Å². The number of amides is 1. The molecule has 3 rings (SSSR count). The Hall–Kier alpha value is -2.19. The number of furan rings is 1. The highest BCUT2D eigenvalue weighted by molar-refractivity contribution is 9.10. The third-order valence-electron chi connectivity index (χ3n) is 2.83. The van der Waals surface area contributed by atoms with E-state index in [1.807, 2.05) is 31.2 Å². The Morgan fingerprint density at radius 1 is 1.26 bits per heavy atom. The summed E-state index contributed by atoms with van der Waals surface area (Å²) in [6, 6.07) is 10.8. The molecule has 0 saturated heterocycles. The van der Waals surface area contributed by atoms with Crippen LogP contribution in [-0.4, -0.2) is 16.1 Å². The van der Waals surface area contributed by atoms with Gasteiger partial charge in [0.05, 0.1) is 0 Å². The van der Waals surface area contributed by atoms with Crippen LogP contribution >= 0.6 is 27.3 Å². The van der Waals surface area contributed by atoms with Gasteiger partial charge >= 0.3 is 0 Å². The Kier molecular flexibility index (Phi) is 4.73. The summed E-state index contributed by atoms with van der Waals surface area (Å²) in [5, 5.41) is 11.5. The molecule has 8 heteroatoms. The van der Waals surface area contributed by atoms with Crippen LogP contribution in [0.1, 0.15) is 21.3 Å². The first-order valence-electron chi connectivity index (χ1n) is 6.69. The maximum absolute atomic E-state index is 12.0. The smallest absolute Gasteiger partial charge is 0.293 e. The third-order valence-corrected chi connectivity index (χ3v) is 4.11. The molecule has 0 aliphatic rings. The molecule has 23 heavy (non-hydrogen) atoms. The average Bonchev–Trinajstić information content (AvgIpc) is 3.16. The van der Waals surface area contributed by atoms with Crippen molar-refractivity contribution < 1.29 is 13.9 Å². The number of benzene rings is 1. The third kappa shape index (κ3) is 4.17. The second-order valence-corrected chi connectivity index (χ2v) is 6.69. The van der Waals surface area contributed by atoms with Crippen molar-refractivity contribution >= 4 is 38.3 Å². The van der Waals surface area contributed by atoms with Crippen LogP contribution in [0.5, 0.6) is 5.75 Å². The van der Waals surface area contributed by atoms with Crippen molar-refractivity contribution in [1.82, 2.24) is 10.2 Å². The molecule has 2 heterocycles. The molecule has 0 radical (unpaired) electrons. The Labute approximate surface area is 144 Å². The quantitative estimate of drug-likeness (QED) is 0.707. The van der Waals surface area contributed by atoms with Gasteiger partial charge in [0.2, 0.25) is 5.13 Å². The van der Waals surface area contributed by atoms with E-state index in [1.165, 1.54) is 11.3 Å². The van der Waals surface area contributed by atoms with E-state index in [0.717, 1.165) is 15.2 Å². The molecule has 3 aromatic rings. The van der Waals surface area contributed by atoms with Crippen molar-refractivity contribution in [2.45, 2.75) is 13.5 Å². The molecule has 0 saturated carbocycles. The fourth-order valence-corrected chi connectivity index (χ4v) is 2.62. The van der Waals surface area contributed by atoms with Crippen molar-refractivity contribution in [3.05, 3.63) is 57.4 Å². The molecule has 0 spiro atoms. The molecule has 0 aliphatic carbocycles. The van der Waals surface area contributed by atoms with Gasteiger partial charge in [-0.05, 0) is 43.3 Å². The van der Waals surface area contributed by atoms with E-state index in [-0.39, 0.29) is 18.3 Å². The van der Waals surface area contributed by atoms with Crippen LogP contribution < -0.4 is 10.1 Å². The summed E-state index contributed by atoms with van der Waals surface area (Å²) < 4.78 is 12.1. The highest BCUT2D eigenvalue weighted by Crippen LogP contribution is 2.19. The van der Waals surface area contributed by atoms with E-state index < -0.39 is 0 Å². The van der Waals surface area contributed by atoms with Crippen LogP contribution in [0, 0.1) is 6.92 Å². The van der Waals surface area contributed by atoms with E-state index >= 15 is 0 Å². The molecular formula is C15H12BrN3O3S. The summed E-state index contributed by atoms with van der Waals surface area (Å²) in [5.74, 6) is 1.12. The highest BCUT2D eigenvalue weighted by atomic mass is 79.9. The van der Waals surface area contributed by atoms with E-state index in [1.54, 1.807) is 12.1 Å². The molecule has 1 N–H and O–H groups in total. The maximum Gasteiger partial charge on any atom is 0.293 e. The number of aryl methyl sites for hydroxylation is 1. The van der Waals surface area contributed by atoms with Crippen molar-refractivity contribution in [2.75, 3.05) is 5.32 Å². The van der Waals surface area contributed by atoms with E-state index in [0.29, 0.717) is 10.9 Å². The van der Waals surface area contributed by atoms with Crippen LogP contribution in [0.25, 0.3) is 0 Å². The number of hydrogen-bond acceptors (Lipinski definition) is 6. The number of ether oxygens (including phenoxy) is 1. The van der Waals surface area contributed by atoms with Crippen molar-refractivity contribution in [1.29, 1.82) is 0 Å². The monoisotopic (exact) mass is 393 g/mol. The molecule has 2 aromatic heterocycles. The van der Waals surface area contributed by atoms with E-state index in [2.05, 4.69) is 31.4 Å². The molecule has 1 aromatic carbocycles. The molecule has 6 nitrogen and oxygen atoms in total. The first-order valence-corrected chi connectivity index (χ1v) is 8.29. The number of anilines is 1. The SMILES string of the molecule is Cc1nnc(NC(=O)c2ccc(COc3ccc(Br)cc3)o2)s1.